The van der Waals surface area contributed by atoms with Crippen LogP contribution in [0.2, 0.25) is 0 Å². The Morgan fingerprint density at radius 3 is 1.67 bits per heavy atom. The van der Waals surface area contributed by atoms with Crippen molar-refractivity contribution < 1.29 is 13.6 Å². The standard InChI is InChI=1S/C24H38F2O/c25-24(26)3-1-2-18-4-6-19(7-5-18)8-9-20-10-12-21(13-11-20)22-14-16-23(27)17-15-22/h3,18-22H,1-2,4-17H2. The quantitative estimate of drug-likeness (QED) is 0.442. The molecule has 0 amide bonds. The number of hydrogen-bond donors (Lipinski definition) is 0. The molecule has 0 bridgehead atoms. The van der Waals surface area contributed by atoms with Gasteiger partial charge in [0.05, 0.1) is 0 Å². The highest BCUT2D eigenvalue weighted by Crippen LogP contribution is 2.42. The van der Waals surface area contributed by atoms with Gasteiger partial charge in [-0.25, -0.2) is 0 Å². The fourth-order valence-corrected chi connectivity index (χ4v) is 6.09. The first-order valence-corrected chi connectivity index (χ1v) is 11.6. The van der Waals surface area contributed by atoms with E-state index in [1.807, 2.05) is 0 Å². The molecule has 0 N–H and O–H groups in total. The highest BCUT2D eigenvalue weighted by molar-refractivity contribution is 5.79. The third-order valence-electron chi connectivity index (χ3n) is 7.97. The maximum atomic E-state index is 12.1. The van der Waals surface area contributed by atoms with E-state index in [1.165, 1.54) is 64.2 Å². The SMILES string of the molecule is O=C1CCC(C2CCC(CCC3CCC(CCC=C(F)F)CC3)CC2)CC1. The molecule has 154 valence electrons. The van der Waals surface area contributed by atoms with E-state index in [0.717, 1.165) is 61.9 Å². The van der Waals surface area contributed by atoms with Crippen molar-refractivity contribution in [1.29, 1.82) is 0 Å². The zero-order valence-corrected chi connectivity index (χ0v) is 16.9. The highest BCUT2D eigenvalue weighted by Gasteiger charge is 2.30. The van der Waals surface area contributed by atoms with Crippen molar-refractivity contribution in [1.82, 2.24) is 0 Å². The average molecular weight is 381 g/mol. The van der Waals surface area contributed by atoms with Crippen molar-refractivity contribution in [2.24, 2.45) is 29.6 Å². The van der Waals surface area contributed by atoms with Crippen molar-refractivity contribution in [3.63, 3.8) is 0 Å². The number of ketones is 1. The molecule has 0 aromatic carbocycles. The van der Waals surface area contributed by atoms with E-state index in [-0.39, 0.29) is 0 Å². The number of Topliss-reactive ketones (excluding diaryl/α,β-unsaturated/α-hetero) is 1. The largest absolute Gasteiger partial charge is 0.300 e. The Labute approximate surface area is 164 Å². The summed E-state index contributed by atoms with van der Waals surface area (Å²) in [5, 5.41) is 0. The van der Waals surface area contributed by atoms with Crippen LogP contribution in [0.25, 0.3) is 0 Å². The predicted molar refractivity (Wildman–Crippen MR) is 107 cm³/mol. The molecule has 0 unspecified atom stereocenters. The van der Waals surface area contributed by atoms with Gasteiger partial charge in [0.25, 0.3) is 6.08 Å². The molecule has 3 aliphatic rings. The molecular weight excluding hydrogens is 342 g/mol. The fraction of sp³-hybridized carbons (Fsp3) is 0.875. The Bertz CT molecular complexity index is 471. The Hall–Kier alpha value is -0.730. The molecule has 0 spiro atoms. The van der Waals surface area contributed by atoms with Gasteiger partial charge in [0.2, 0.25) is 0 Å². The molecule has 0 aromatic heterocycles. The summed E-state index contributed by atoms with van der Waals surface area (Å²) in [5.74, 6) is 4.71. The molecule has 3 saturated carbocycles. The van der Waals surface area contributed by atoms with Crippen LogP contribution in [0.4, 0.5) is 8.78 Å². The Morgan fingerprint density at radius 2 is 1.15 bits per heavy atom. The smallest absolute Gasteiger partial charge is 0.266 e. The van der Waals surface area contributed by atoms with Gasteiger partial charge in [0.15, 0.2) is 0 Å². The topological polar surface area (TPSA) is 17.1 Å². The molecule has 3 rings (SSSR count). The minimum absolute atomic E-state index is 0.487. The summed E-state index contributed by atoms with van der Waals surface area (Å²) in [6, 6.07) is 0. The van der Waals surface area contributed by atoms with Crippen LogP contribution in [0.5, 0.6) is 0 Å². The number of allylic oxidation sites excluding steroid dienone is 1. The van der Waals surface area contributed by atoms with Crippen LogP contribution in [0.15, 0.2) is 12.2 Å². The first-order valence-electron chi connectivity index (χ1n) is 11.6. The van der Waals surface area contributed by atoms with Crippen LogP contribution in [-0.4, -0.2) is 5.78 Å². The zero-order chi connectivity index (χ0) is 19.1. The molecule has 27 heavy (non-hydrogen) atoms. The second-order valence-corrected chi connectivity index (χ2v) is 9.69. The summed E-state index contributed by atoms with van der Waals surface area (Å²) in [5.41, 5.74) is 0. The summed E-state index contributed by atoms with van der Waals surface area (Å²) in [6.07, 6.45) is 18.6. The number of hydrogen-bond acceptors (Lipinski definition) is 1. The van der Waals surface area contributed by atoms with E-state index in [4.69, 9.17) is 0 Å². The highest BCUT2D eigenvalue weighted by atomic mass is 19.3. The van der Waals surface area contributed by atoms with E-state index in [1.54, 1.807) is 0 Å². The molecule has 0 aliphatic heterocycles. The van der Waals surface area contributed by atoms with Gasteiger partial charge in [-0.05, 0) is 74.2 Å². The van der Waals surface area contributed by atoms with Gasteiger partial charge < -0.3 is 0 Å². The van der Waals surface area contributed by atoms with E-state index < -0.39 is 6.08 Å². The number of rotatable bonds is 7. The average Bonchev–Trinajstić information content (AvgIpc) is 2.68. The van der Waals surface area contributed by atoms with Crippen molar-refractivity contribution in [2.75, 3.05) is 0 Å². The summed E-state index contributed by atoms with van der Waals surface area (Å²) in [7, 11) is 0. The van der Waals surface area contributed by atoms with Gasteiger partial charge in [-0.2, -0.15) is 8.78 Å². The Balaban J connectivity index is 1.26. The van der Waals surface area contributed by atoms with Gasteiger partial charge in [0, 0.05) is 12.8 Å². The van der Waals surface area contributed by atoms with Gasteiger partial charge in [-0.3, -0.25) is 4.79 Å². The first kappa shape index (κ1) is 21.0. The summed E-state index contributed by atoms with van der Waals surface area (Å²) < 4.78 is 24.2. The fourth-order valence-electron chi connectivity index (χ4n) is 6.09. The van der Waals surface area contributed by atoms with E-state index in [2.05, 4.69) is 0 Å². The Kier molecular flexibility index (Phi) is 8.33. The van der Waals surface area contributed by atoms with Crippen LogP contribution < -0.4 is 0 Å². The number of halogens is 2. The lowest BCUT2D eigenvalue weighted by molar-refractivity contribution is -0.121. The first-order chi connectivity index (χ1) is 13.1. The van der Waals surface area contributed by atoms with Crippen molar-refractivity contribution in [3.05, 3.63) is 12.2 Å². The lowest BCUT2D eigenvalue weighted by atomic mass is 9.69. The van der Waals surface area contributed by atoms with Crippen LogP contribution in [0, 0.1) is 29.6 Å². The monoisotopic (exact) mass is 380 g/mol. The molecule has 0 saturated heterocycles. The molecular formula is C24H38F2O. The summed E-state index contributed by atoms with van der Waals surface area (Å²) >= 11 is 0. The predicted octanol–water partition coefficient (Wildman–Crippen LogP) is 7.70. The van der Waals surface area contributed by atoms with E-state index >= 15 is 0 Å². The van der Waals surface area contributed by atoms with Gasteiger partial charge >= 0.3 is 0 Å². The maximum Gasteiger partial charge on any atom is 0.266 e. The van der Waals surface area contributed by atoms with E-state index in [9.17, 15) is 13.6 Å². The van der Waals surface area contributed by atoms with Crippen molar-refractivity contribution >= 4 is 5.78 Å². The molecule has 0 radical (unpaired) electrons. The van der Waals surface area contributed by atoms with Crippen LogP contribution in [-0.2, 0) is 4.79 Å². The second-order valence-electron chi connectivity index (χ2n) is 9.69. The molecule has 3 fully saturated rings. The molecule has 3 aliphatic carbocycles. The molecule has 0 aromatic rings. The second kappa shape index (κ2) is 10.7. The zero-order valence-electron chi connectivity index (χ0n) is 16.9. The van der Waals surface area contributed by atoms with Gasteiger partial charge in [0.1, 0.15) is 5.78 Å². The van der Waals surface area contributed by atoms with Gasteiger partial charge in [-0.15, -0.1) is 0 Å². The van der Waals surface area contributed by atoms with E-state index in [0.29, 0.717) is 18.1 Å². The minimum Gasteiger partial charge on any atom is -0.300 e. The summed E-state index contributed by atoms with van der Waals surface area (Å²) in [4.78, 5) is 11.4. The van der Waals surface area contributed by atoms with Gasteiger partial charge in [-0.1, -0.05) is 51.4 Å². The molecule has 0 atom stereocenters. The minimum atomic E-state index is -1.52. The molecule has 3 heteroatoms. The van der Waals surface area contributed by atoms with Crippen molar-refractivity contribution in [3.8, 4) is 0 Å². The maximum absolute atomic E-state index is 12.1. The van der Waals surface area contributed by atoms with Crippen molar-refractivity contribution in [2.45, 2.75) is 103 Å². The third-order valence-corrected chi connectivity index (χ3v) is 7.97. The number of carbonyl (C=O) groups excluding carboxylic acids is 1. The number of carbonyl (C=O) groups is 1. The third kappa shape index (κ3) is 6.98. The Morgan fingerprint density at radius 1 is 0.704 bits per heavy atom. The van der Waals surface area contributed by atoms with Crippen LogP contribution in [0.1, 0.15) is 103 Å². The lowest BCUT2D eigenvalue weighted by Crippen LogP contribution is -2.26. The molecule has 1 nitrogen and oxygen atoms in total. The molecule has 0 heterocycles. The van der Waals surface area contributed by atoms with Crippen LogP contribution in [0.3, 0.4) is 0 Å². The lowest BCUT2D eigenvalue weighted by Gasteiger charge is -2.36. The normalized spacial score (nSPS) is 33.0. The summed E-state index contributed by atoms with van der Waals surface area (Å²) in [6.45, 7) is 0. The van der Waals surface area contributed by atoms with Crippen LogP contribution >= 0.6 is 0 Å².